The van der Waals surface area contributed by atoms with E-state index in [2.05, 4.69) is 17.2 Å². The van der Waals surface area contributed by atoms with E-state index in [0.29, 0.717) is 12.4 Å². The molecule has 0 spiro atoms. The number of rotatable bonds is 5. The number of nitrogens with one attached hydrogen (secondary N) is 1. The molecule has 1 aromatic rings. The van der Waals surface area contributed by atoms with Gasteiger partial charge in [0.2, 0.25) is 0 Å². The van der Waals surface area contributed by atoms with Gasteiger partial charge in [-0.2, -0.15) is 0 Å². The Morgan fingerprint density at radius 2 is 2.33 bits per heavy atom. The summed E-state index contributed by atoms with van der Waals surface area (Å²) in [6.07, 6.45) is 6.21. The first-order chi connectivity index (χ1) is 10.2. The van der Waals surface area contributed by atoms with Crippen LogP contribution in [0.5, 0.6) is 0 Å². The highest BCUT2D eigenvalue weighted by Crippen LogP contribution is 2.15. The molecule has 5 heteroatoms. The van der Waals surface area contributed by atoms with Crippen molar-refractivity contribution in [2.24, 2.45) is 0 Å². The average molecular weight is 291 g/mol. The smallest absolute Gasteiger partial charge is 0.323 e. The van der Waals surface area contributed by atoms with Crippen molar-refractivity contribution in [1.82, 2.24) is 9.88 Å². The van der Waals surface area contributed by atoms with Crippen LogP contribution in [0.25, 0.3) is 0 Å². The van der Waals surface area contributed by atoms with Crippen LogP contribution < -0.4 is 5.32 Å². The van der Waals surface area contributed by atoms with Gasteiger partial charge in [0, 0.05) is 25.9 Å². The molecule has 1 aliphatic heterocycles. The van der Waals surface area contributed by atoms with E-state index in [9.17, 15) is 4.79 Å². The molecule has 0 saturated carbocycles. The van der Waals surface area contributed by atoms with Gasteiger partial charge in [0.1, 0.15) is 5.82 Å². The quantitative estimate of drug-likeness (QED) is 0.906. The summed E-state index contributed by atoms with van der Waals surface area (Å²) in [5.74, 6) is 0.594. The van der Waals surface area contributed by atoms with Crippen LogP contribution in [0.15, 0.2) is 18.3 Å². The van der Waals surface area contributed by atoms with Gasteiger partial charge in [-0.1, -0.05) is 13.0 Å². The predicted molar refractivity (Wildman–Crippen MR) is 83.4 cm³/mol. The third-order valence-electron chi connectivity index (χ3n) is 3.63. The summed E-state index contributed by atoms with van der Waals surface area (Å²) < 4.78 is 5.73. The van der Waals surface area contributed by atoms with Gasteiger partial charge < -0.3 is 9.64 Å². The first-order valence-corrected chi connectivity index (χ1v) is 7.79. The fraction of sp³-hybridized carbons (Fsp3) is 0.625. The minimum Gasteiger partial charge on any atom is -0.376 e. The fourth-order valence-electron chi connectivity index (χ4n) is 2.47. The van der Waals surface area contributed by atoms with Crippen molar-refractivity contribution < 1.29 is 9.53 Å². The highest BCUT2D eigenvalue weighted by molar-refractivity contribution is 5.88. The molecule has 0 aliphatic carbocycles. The second-order valence-corrected chi connectivity index (χ2v) is 5.59. The number of nitrogens with zero attached hydrogens (tertiary/aromatic N) is 2. The lowest BCUT2D eigenvalue weighted by atomic mass is 10.1. The van der Waals surface area contributed by atoms with Crippen LogP contribution in [0.1, 0.15) is 38.2 Å². The molecule has 1 aliphatic rings. The summed E-state index contributed by atoms with van der Waals surface area (Å²) in [6.45, 7) is 6.25. The number of carbonyl (C=O) groups is 1. The summed E-state index contributed by atoms with van der Waals surface area (Å²) in [6, 6.07) is 3.67. The molecule has 2 heterocycles. The molecule has 2 rings (SSSR count). The Morgan fingerprint density at radius 1 is 1.48 bits per heavy atom. The second-order valence-electron chi connectivity index (χ2n) is 5.59. The Hall–Kier alpha value is -1.62. The molecule has 21 heavy (non-hydrogen) atoms. The van der Waals surface area contributed by atoms with E-state index < -0.39 is 0 Å². The molecule has 5 nitrogen and oxygen atoms in total. The van der Waals surface area contributed by atoms with Crippen molar-refractivity contribution in [2.75, 3.05) is 25.0 Å². The van der Waals surface area contributed by atoms with E-state index in [1.54, 1.807) is 6.20 Å². The Morgan fingerprint density at radius 3 is 2.95 bits per heavy atom. The van der Waals surface area contributed by atoms with E-state index in [1.807, 2.05) is 24.0 Å². The van der Waals surface area contributed by atoms with Crippen molar-refractivity contribution >= 4 is 11.8 Å². The number of aryl methyl sites for hydroxylation is 1. The van der Waals surface area contributed by atoms with Crippen LogP contribution in [0.4, 0.5) is 10.6 Å². The Kier molecular flexibility index (Phi) is 5.99. The highest BCUT2D eigenvalue weighted by Gasteiger charge is 2.21. The van der Waals surface area contributed by atoms with Crippen LogP contribution in [0.3, 0.4) is 0 Å². The van der Waals surface area contributed by atoms with Gasteiger partial charge in [-0.05, 0) is 44.2 Å². The van der Waals surface area contributed by atoms with E-state index in [0.717, 1.165) is 38.0 Å². The molecule has 1 fully saturated rings. The van der Waals surface area contributed by atoms with Crippen molar-refractivity contribution in [2.45, 2.75) is 45.6 Å². The molecule has 0 unspecified atom stereocenters. The molecule has 2 amide bonds. The number of ether oxygens (including phenoxy) is 1. The lowest BCUT2D eigenvalue weighted by Crippen LogP contribution is -2.42. The molecule has 116 valence electrons. The average Bonchev–Trinajstić information content (AvgIpc) is 2.50. The Bertz CT molecular complexity index is 441. The lowest BCUT2D eigenvalue weighted by molar-refractivity contribution is 0.00161. The third kappa shape index (κ3) is 5.01. The van der Waals surface area contributed by atoms with Gasteiger partial charge in [0.15, 0.2) is 0 Å². The first kappa shape index (κ1) is 15.8. The summed E-state index contributed by atoms with van der Waals surface area (Å²) in [5.41, 5.74) is 1.08. The van der Waals surface area contributed by atoms with Crippen LogP contribution in [-0.4, -0.2) is 41.7 Å². The maximum Gasteiger partial charge on any atom is 0.323 e. The van der Waals surface area contributed by atoms with Gasteiger partial charge in [-0.15, -0.1) is 0 Å². The number of aromatic nitrogens is 1. The number of hydrogen-bond donors (Lipinski definition) is 1. The van der Waals surface area contributed by atoms with E-state index in [4.69, 9.17) is 4.74 Å². The standard InChI is InChI=1S/C16H25N3O2/c1-3-9-19(12-14-6-4-5-10-21-14)16(20)18-15-8-7-13(2)11-17-15/h7-8,11,14H,3-6,9-10,12H2,1-2H3,(H,17,18,20)/t14-/m0/s1. The molecule has 0 aromatic carbocycles. The van der Waals surface area contributed by atoms with Gasteiger partial charge in [0.25, 0.3) is 0 Å². The summed E-state index contributed by atoms with van der Waals surface area (Å²) in [4.78, 5) is 18.4. The van der Waals surface area contributed by atoms with Crippen LogP contribution in [0, 0.1) is 6.92 Å². The summed E-state index contributed by atoms with van der Waals surface area (Å²) in [5, 5.41) is 2.86. The molecular weight excluding hydrogens is 266 g/mol. The van der Waals surface area contributed by atoms with Crippen molar-refractivity contribution in [3.63, 3.8) is 0 Å². The number of anilines is 1. The minimum atomic E-state index is -0.0950. The van der Waals surface area contributed by atoms with Crippen molar-refractivity contribution in [1.29, 1.82) is 0 Å². The second kappa shape index (κ2) is 7.98. The van der Waals surface area contributed by atoms with Crippen LogP contribution in [-0.2, 0) is 4.74 Å². The van der Waals surface area contributed by atoms with Gasteiger partial charge >= 0.3 is 6.03 Å². The third-order valence-corrected chi connectivity index (χ3v) is 3.63. The number of amides is 2. The van der Waals surface area contributed by atoms with Gasteiger partial charge in [-0.25, -0.2) is 9.78 Å². The molecule has 1 aromatic heterocycles. The Labute approximate surface area is 126 Å². The first-order valence-electron chi connectivity index (χ1n) is 7.79. The van der Waals surface area contributed by atoms with Crippen molar-refractivity contribution in [3.05, 3.63) is 23.9 Å². The normalized spacial score (nSPS) is 18.3. The SMILES string of the molecule is CCCN(C[C@@H]1CCCCO1)C(=O)Nc1ccc(C)cn1. The number of carbonyl (C=O) groups excluding carboxylic acids is 1. The van der Waals surface area contributed by atoms with E-state index in [-0.39, 0.29) is 12.1 Å². The van der Waals surface area contributed by atoms with Gasteiger partial charge in [0.05, 0.1) is 6.10 Å². The Balaban J connectivity index is 1.92. The maximum atomic E-state index is 12.4. The molecule has 1 N–H and O–H groups in total. The zero-order valence-corrected chi connectivity index (χ0v) is 13.0. The predicted octanol–water partition coefficient (Wildman–Crippen LogP) is 3.20. The maximum absolute atomic E-state index is 12.4. The zero-order valence-electron chi connectivity index (χ0n) is 13.0. The number of urea groups is 1. The minimum absolute atomic E-state index is 0.0950. The molecular formula is C16H25N3O2. The zero-order chi connectivity index (χ0) is 15.1. The molecule has 1 saturated heterocycles. The number of hydrogen-bond acceptors (Lipinski definition) is 3. The largest absolute Gasteiger partial charge is 0.376 e. The number of pyridine rings is 1. The molecule has 0 bridgehead atoms. The fourth-order valence-corrected chi connectivity index (χ4v) is 2.47. The van der Waals surface area contributed by atoms with E-state index >= 15 is 0 Å². The lowest BCUT2D eigenvalue weighted by Gasteiger charge is -2.29. The summed E-state index contributed by atoms with van der Waals surface area (Å²) in [7, 11) is 0. The monoisotopic (exact) mass is 291 g/mol. The molecule has 0 radical (unpaired) electrons. The van der Waals surface area contributed by atoms with E-state index in [1.165, 1.54) is 6.42 Å². The highest BCUT2D eigenvalue weighted by atomic mass is 16.5. The van der Waals surface area contributed by atoms with Crippen molar-refractivity contribution in [3.8, 4) is 0 Å². The van der Waals surface area contributed by atoms with Crippen LogP contribution >= 0.6 is 0 Å². The summed E-state index contributed by atoms with van der Waals surface area (Å²) >= 11 is 0. The molecule has 1 atom stereocenters. The van der Waals surface area contributed by atoms with Gasteiger partial charge in [-0.3, -0.25) is 5.32 Å². The van der Waals surface area contributed by atoms with Crippen LogP contribution in [0.2, 0.25) is 0 Å². The topological polar surface area (TPSA) is 54.5 Å².